The summed E-state index contributed by atoms with van der Waals surface area (Å²) >= 11 is 0. The molecule has 1 aromatic carbocycles. The average Bonchev–Trinajstić information content (AvgIpc) is 2.59. The van der Waals surface area contributed by atoms with Gasteiger partial charge in [-0.2, -0.15) is 0 Å². The number of hydrogen-bond donors (Lipinski definition) is 1. The molecule has 2 nitrogen and oxygen atoms in total. The molecule has 0 amide bonds. The van der Waals surface area contributed by atoms with Gasteiger partial charge in [-0.15, -0.1) is 0 Å². The van der Waals surface area contributed by atoms with Gasteiger partial charge in [0.05, 0.1) is 5.92 Å². The summed E-state index contributed by atoms with van der Waals surface area (Å²) in [6.07, 6.45) is 5.04. The molecule has 1 N–H and O–H groups in total. The van der Waals surface area contributed by atoms with Crippen molar-refractivity contribution in [1.29, 1.82) is 0 Å². The molecule has 0 aromatic heterocycles. The fraction of sp³-hybridized carbons (Fsp3) is 0.533. The van der Waals surface area contributed by atoms with E-state index in [0.29, 0.717) is 18.4 Å². The van der Waals surface area contributed by atoms with Crippen molar-refractivity contribution in [3.8, 4) is 0 Å². The summed E-state index contributed by atoms with van der Waals surface area (Å²) in [6.45, 7) is 0. The molecule has 1 aromatic rings. The zero-order chi connectivity index (χ0) is 13.8. The van der Waals surface area contributed by atoms with Gasteiger partial charge in [-0.1, -0.05) is 25.3 Å². The van der Waals surface area contributed by atoms with Crippen LogP contribution in [0.3, 0.4) is 0 Å². The van der Waals surface area contributed by atoms with Crippen molar-refractivity contribution < 1.29 is 18.7 Å². The molecular weight excluding hydrogens is 250 g/mol. The number of halogens is 2. The van der Waals surface area contributed by atoms with Crippen molar-refractivity contribution in [3.63, 3.8) is 0 Å². The van der Waals surface area contributed by atoms with Crippen LogP contribution in [0.2, 0.25) is 0 Å². The van der Waals surface area contributed by atoms with Crippen LogP contribution in [0.25, 0.3) is 0 Å². The van der Waals surface area contributed by atoms with Gasteiger partial charge in [0, 0.05) is 0 Å². The zero-order valence-corrected chi connectivity index (χ0v) is 10.7. The third-order valence-corrected chi connectivity index (χ3v) is 3.96. The van der Waals surface area contributed by atoms with Gasteiger partial charge in [-0.05, 0) is 42.9 Å². The Morgan fingerprint density at radius 1 is 1.16 bits per heavy atom. The minimum absolute atomic E-state index is 0.0184. The van der Waals surface area contributed by atoms with E-state index in [2.05, 4.69) is 0 Å². The highest BCUT2D eigenvalue weighted by Gasteiger charge is 2.29. The Morgan fingerprint density at radius 2 is 1.89 bits per heavy atom. The molecule has 2 rings (SSSR count). The van der Waals surface area contributed by atoms with Crippen LogP contribution < -0.4 is 0 Å². The molecule has 0 radical (unpaired) electrons. The van der Waals surface area contributed by atoms with E-state index in [1.54, 1.807) is 6.07 Å². The standard InChI is InChI=1S/C15H18F2O2/c16-13-7-6-10(9-14(13)17)8-11-4-2-1-3-5-12(11)15(18)19/h6-7,9,11-12H,1-5,8H2,(H,18,19). The van der Waals surface area contributed by atoms with Gasteiger partial charge in [0.25, 0.3) is 0 Å². The van der Waals surface area contributed by atoms with Crippen molar-refractivity contribution >= 4 is 5.97 Å². The predicted molar refractivity (Wildman–Crippen MR) is 67.8 cm³/mol. The molecular formula is C15H18F2O2. The first-order valence-electron chi connectivity index (χ1n) is 6.74. The minimum Gasteiger partial charge on any atom is -0.481 e. The van der Waals surface area contributed by atoms with E-state index in [1.807, 2.05) is 0 Å². The predicted octanol–water partition coefficient (Wildman–Crippen LogP) is 3.79. The van der Waals surface area contributed by atoms with E-state index in [9.17, 15) is 18.7 Å². The van der Waals surface area contributed by atoms with Crippen molar-refractivity contribution in [2.45, 2.75) is 38.5 Å². The van der Waals surface area contributed by atoms with E-state index < -0.39 is 17.6 Å². The largest absolute Gasteiger partial charge is 0.481 e. The van der Waals surface area contributed by atoms with Crippen molar-refractivity contribution in [2.75, 3.05) is 0 Å². The lowest BCUT2D eigenvalue weighted by atomic mass is 9.83. The van der Waals surface area contributed by atoms with E-state index in [1.165, 1.54) is 6.07 Å². The molecule has 0 bridgehead atoms. The molecule has 4 heteroatoms. The molecule has 1 aliphatic rings. The van der Waals surface area contributed by atoms with Crippen LogP contribution in [0.5, 0.6) is 0 Å². The number of aliphatic carboxylic acids is 1. The highest BCUT2D eigenvalue weighted by molar-refractivity contribution is 5.70. The molecule has 2 unspecified atom stereocenters. The van der Waals surface area contributed by atoms with E-state index >= 15 is 0 Å². The second-order valence-electron chi connectivity index (χ2n) is 5.30. The average molecular weight is 268 g/mol. The highest BCUT2D eigenvalue weighted by Crippen LogP contribution is 2.31. The number of benzene rings is 1. The van der Waals surface area contributed by atoms with E-state index in [4.69, 9.17) is 0 Å². The number of hydrogen-bond acceptors (Lipinski definition) is 1. The Labute approximate surface area is 111 Å². The van der Waals surface area contributed by atoms with Crippen molar-refractivity contribution in [2.24, 2.45) is 11.8 Å². The van der Waals surface area contributed by atoms with E-state index in [-0.39, 0.29) is 11.8 Å². The highest BCUT2D eigenvalue weighted by atomic mass is 19.2. The van der Waals surface area contributed by atoms with Gasteiger partial charge in [-0.25, -0.2) is 8.78 Å². The maximum atomic E-state index is 13.2. The van der Waals surface area contributed by atoms with Gasteiger partial charge in [0.2, 0.25) is 0 Å². The fourth-order valence-corrected chi connectivity index (χ4v) is 2.92. The molecule has 19 heavy (non-hydrogen) atoms. The summed E-state index contributed by atoms with van der Waals surface area (Å²) in [5.41, 5.74) is 0.678. The first-order chi connectivity index (χ1) is 9.08. The lowest BCUT2D eigenvalue weighted by Crippen LogP contribution is -2.24. The SMILES string of the molecule is O=C(O)C1CCCCCC1Cc1ccc(F)c(F)c1. The molecule has 0 heterocycles. The molecule has 104 valence electrons. The summed E-state index contributed by atoms with van der Waals surface area (Å²) in [7, 11) is 0. The molecule has 2 atom stereocenters. The quantitative estimate of drug-likeness (QED) is 0.847. The molecule has 0 saturated heterocycles. The second-order valence-corrected chi connectivity index (χ2v) is 5.30. The Bertz CT molecular complexity index is 459. The van der Waals surface area contributed by atoms with Gasteiger partial charge >= 0.3 is 5.97 Å². The lowest BCUT2D eigenvalue weighted by Gasteiger charge is -2.21. The maximum absolute atomic E-state index is 13.2. The fourth-order valence-electron chi connectivity index (χ4n) is 2.92. The first-order valence-corrected chi connectivity index (χ1v) is 6.74. The van der Waals surface area contributed by atoms with Crippen LogP contribution in [-0.4, -0.2) is 11.1 Å². The normalized spacial score (nSPS) is 23.9. The number of carboxylic acids is 1. The Morgan fingerprint density at radius 3 is 2.58 bits per heavy atom. The van der Waals surface area contributed by atoms with Gasteiger partial charge in [0.15, 0.2) is 11.6 Å². The Kier molecular flexibility index (Phi) is 4.51. The first kappa shape index (κ1) is 14.0. The molecule has 0 aliphatic heterocycles. The number of carboxylic acid groups (broad SMARTS) is 1. The molecule has 1 fully saturated rings. The summed E-state index contributed by atoms with van der Waals surface area (Å²) in [5.74, 6) is -2.84. The van der Waals surface area contributed by atoms with Crippen molar-refractivity contribution in [3.05, 3.63) is 35.4 Å². The summed E-state index contributed by atoms with van der Waals surface area (Å²) in [6, 6.07) is 3.83. The van der Waals surface area contributed by atoms with E-state index in [0.717, 1.165) is 31.7 Å². The lowest BCUT2D eigenvalue weighted by molar-refractivity contribution is -0.143. The van der Waals surface area contributed by atoms with Gasteiger partial charge in [0.1, 0.15) is 0 Å². The summed E-state index contributed by atoms with van der Waals surface area (Å²) in [4.78, 5) is 11.3. The topological polar surface area (TPSA) is 37.3 Å². The third kappa shape index (κ3) is 3.52. The van der Waals surface area contributed by atoms with Gasteiger partial charge in [-0.3, -0.25) is 4.79 Å². The van der Waals surface area contributed by atoms with Crippen LogP contribution in [0.4, 0.5) is 8.78 Å². The third-order valence-electron chi connectivity index (χ3n) is 3.96. The van der Waals surface area contributed by atoms with Crippen LogP contribution in [0.1, 0.15) is 37.7 Å². The Balaban J connectivity index is 2.13. The molecule has 1 aliphatic carbocycles. The second kappa shape index (κ2) is 6.13. The summed E-state index contributed by atoms with van der Waals surface area (Å²) < 4.78 is 26.1. The Hall–Kier alpha value is -1.45. The van der Waals surface area contributed by atoms with Crippen LogP contribution in [-0.2, 0) is 11.2 Å². The van der Waals surface area contributed by atoms with Crippen LogP contribution >= 0.6 is 0 Å². The number of rotatable bonds is 3. The molecule has 0 spiro atoms. The van der Waals surface area contributed by atoms with Gasteiger partial charge < -0.3 is 5.11 Å². The van der Waals surface area contributed by atoms with Crippen LogP contribution in [0.15, 0.2) is 18.2 Å². The minimum atomic E-state index is -0.863. The van der Waals surface area contributed by atoms with Crippen molar-refractivity contribution in [1.82, 2.24) is 0 Å². The number of carbonyl (C=O) groups is 1. The molecule has 1 saturated carbocycles. The zero-order valence-electron chi connectivity index (χ0n) is 10.7. The summed E-state index contributed by atoms with van der Waals surface area (Å²) in [5, 5.41) is 9.28. The van der Waals surface area contributed by atoms with Crippen LogP contribution in [0, 0.1) is 23.5 Å². The smallest absolute Gasteiger partial charge is 0.306 e. The monoisotopic (exact) mass is 268 g/mol. The maximum Gasteiger partial charge on any atom is 0.306 e.